The summed E-state index contributed by atoms with van der Waals surface area (Å²) >= 11 is 1.26. The first-order valence-corrected chi connectivity index (χ1v) is 8.74. The van der Waals surface area contributed by atoms with Crippen molar-refractivity contribution in [2.45, 2.75) is 6.18 Å². The van der Waals surface area contributed by atoms with Crippen LogP contribution in [0.1, 0.15) is 16.1 Å². The molecule has 1 aromatic carbocycles. The Morgan fingerprint density at radius 2 is 2.00 bits per heavy atom. The van der Waals surface area contributed by atoms with Crippen LogP contribution in [0.2, 0.25) is 0 Å². The van der Waals surface area contributed by atoms with E-state index in [2.05, 4.69) is 4.98 Å². The molecular weight excluding hydrogens is 359 g/mol. The lowest BCUT2D eigenvalue weighted by atomic mass is 10.0. The number of alkyl halides is 3. The summed E-state index contributed by atoms with van der Waals surface area (Å²) in [6.45, 7) is 0. The molecule has 0 saturated heterocycles. The van der Waals surface area contributed by atoms with Crippen LogP contribution in [0.15, 0.2) is 48.8 Å². The lowest BCUT2D eigenvalue weighted by Gasteiger charge is -2.23. The van der Waals surface area contributed by atoms with E-state index in [9.17, 15) is 13.2 Å². The molecular formula is C19H15F3N3S+. The lowest BCUT2D eigenvalue weighted by molar-refractivity contribution is -0.647. The molecule has 0 N–H and O–H groups in total. The standard InChI is InChI=1S/C19H15F3N3S/c1-24-8-7-12(14-5-3-4-6-15(14)24)9-17-23-18-16(26-17)10-13(11-25(18)2)19(20,21)22/h3-11H,1-2H3/q+1. The monoisotopic (exact) mass is 374 g/mol. The van der Waals surface area contributed by atoms with Crippen LogP contribution in [0, 0.1) is 0 Å². The normalized spacial score (nSPS) is 15.7. The predicted octanol–water partition coefficient (Wildman–Crippen LogP) is 4.64. The molecule has 0 atom stereocenters. The van der Waals surface area contributed by atoms with Crippen LogP contribution in [-0.2, 0) is 13.2 Å². The van der Waals surface area contributed by atoms with Gasteiger partial charge in [-0.3, -0.25) is 0 Å². The number of hydrogen-bond acceptors (Lipinski definition) is 3. The number of pyridine rings is 1. The fourth-order valence-electron chi connectivity index (χ4n) is 3.00. The van der Waals surface area contributed by atoms with Crippen LogP contribution in [0.25, 0.3) is 22.0 Å². The fourth-order valence-corrected chi connectivity index (χ4v) is 4.01. The molecule has 26 heavy (non-hydrogen) atoms. The van der Waals surface area contributed by atoms with Crippen LogP contribution in [0.4, 0.5) is 18.9 Å². The zero-order valence-corrected chi connectivity index (χ0v) is 14.9. The summed E-state index contributed by atoms with van der Waals surface area (Å²) in [7, 11) is 3.56. The highest BCUT2D eigenvalue weighted by molar-refractivity contribution is 7.19. The molecule has 0 radical (unpaired) electrons. The molecule has 0 unspecified atom stereocenters. The summed E-state index contributed by atoms with van der Waals surface area (Å²) in [5.74, 6) is 0. The van der Waals surface area contributed by atoms with E-state index in [0.29, 0.717) is 15.4 Å². The number of anilines is 1. The fraction of sp³-hybridized carbons (Fsp3) is 0.158. The van der Waals surface area contributed by atoms with Crippen molar-refractivity contribution in [3.05, 3.63) is 64.9 Å². The van der Waals surface area contributed by atoms with Gasteiger partial charge in [0.25, 0.3) is 0 Å². The van der Waals surface area contributed by atoms with Crippen molar-refractivity contribution < 1.29 is 17.7 Å². The van der Waals surface area contributed by atoms with Crippen LogP contribution < -0.4 is 9.47 Å². The van der Waals surface area contributed by atoms with E-state index in [-0.39, 0.29) is 0 Å². The average molecular weight is 374 g/mol. The molecule has 7 heteroatoms. The van der Waals surface area contributed by atoms with Gasteiger partial charge in [0.1, 0.15) is 10.9 Å². The van der Waals surface area contributed by atoms with Crippen LogP contribution >= 0.6 is 11.3 Å². The molecule has 4 rings (SSSR count). The molecule has 0 aliphatic carbocycles. The van der Waals surface area contributed by atoms with Gasteiger partial charge in [0.2, 0.25) is 5.01 Å². The maximum atomic E-state index is 13.0. The number of halogens is 3. The van der Waals surface area contributed by atoms with Gasteiger partial charge in [-0.25, -0.2) is 4.57 Å². The molecule has 0 spiro atoms. The molecule has 3 heterocycles. The van der Waals surface area contributed by atoms with E-state index < -0.39 is 11.7 Å². The van der Waals surface area contributed by atoms with Gasteiger partial charge in [-0.05, 0) is 28.8 Å². The molecule has 3 aromatic rings. The van der Waals surface area contributed by atoms with Crippen LogP contribution in [-0.4, -0.2) is 12.0 Å². The number of nitrogens with zero attached hydrogens (tertiary/aromatic N) is 3. The van der Waals surface area contributed by atoms with Crippen molar-refractivity contribution in [3.8, 4) is 0 Å². The third-order valence-corrected chi connectivity index (χ3v) is 5.22. The van der Waals surface area contributed by atoms with Crippen molar-refractivity contribution in [2.75, 3.05) is 11.9 Å². The van der Waals surface area contributed by atoms with Gasteiger partial charge in [-0.15, -0.1) is 0 Å². The van der Waals surface area contributed by atoms with Crippen molar-refractivity contribution in [3.63, 3.8) is 0 Å². The Balaban J connectivity index is 1.82. The molecule has 0 bridgehead atoms. The number of benzene rings is 1. The molecule has 3 nitrogen and oxygen atoms in total. The van der Waals surface area contributed by atoms with E-state index in [1.807, 2.05) is 54.6 Å². The first kappa shape index (κ1) is 16.8. The third kappa shape index (κ3) is 2.88. The smallest absolute Gasteiger partial charge is 0.351 e. The third-order valence-electron chi connectivity index (χ3n) is 4.28. The Hall–Kier alpha value is -2.67. The van der Waals surface area contributed by atoms with E-state index in [0.717, 1.165) is 29.1 Å². The van der Waals surface area contributed by atoms with E-state index in [1.54, 1.807) is 7.05 Å². The van der Waals surface area contributed by atoms with Gasteiger partial charge >= 0.3 is 11.8 Å². The van der Waals surface area contributed by atoms with Gasteiger partial charge in [0.15, 0.2) is 0 Å². The SMILES string of the molecule is CN1C=C/C(=C\c2nc3c(cc(C(F)(F)F)c[n+]3C)s2)c2ccccc21. The highest BCUT2D eigenvalue weighted by Gasteiger charge is 2.33. The molecule has 2 aromatic heterocycles. The largest absolute Gasteiger partial charge is 0.419 e. The maximum absolute atomic E-state index is 13.0. The van der Waals surface area contributed by atoms with E-state index in [1.165, 1.54) is 15.9 Å². The molecule has 1 aliphatic heterocycles. The second-order valence-corrected chi connectivity index (χ2v) is 7.18. The molecule has 0 fully saturated rings. The second kappa shape index (κ2) is 5.95. The summed E-state index contributed by atoms with van der Waals surface area (Å²) in [5.41, 5.74) is 3.00. The number of fused-ring (bicyclic) bond motifs is 2. The van der Waals surface area contributed by atoms with Crippen molar-refractivity contribution >= 4 is 39.0 Å². The highest BCUT2D eigenvalue weighted by Crippen LogP contribution is 2.35. The number of thiazole rings is 1. The average Bonchev–Trinajstić information content (AvgIpc) is 3.00. The minimum absolute atomic E-state index is 0.513. The number of aryl methyl sites for hydroxylation is 1. The van der Waals surface area contributed by atoms with Crippen LogP contribution in [0.5, 0.6) is 0 Å². The van der Waals surface area contributed by atoms with Gasteiger partial charge in [-0.2, -0.15) is 13.2 Å². The Morgan fingerprint density at radius 1 is 1.23 bits per heavy atom. The minimum atomic E-state index is -4.37. The Bertz CT molecular complexity index is 1060. The summed E-state index contributed by atoms with van der Waals surface area (Å²) in [6.07, 6.45) is 2.56. The minimum Gasteiger partial charge on any atom is -0.351 e. The predicted molar refractivity (Wildman–Crippen MR) is 97.7 cm³/mol. The summed E-state index contributed by atoms with van der Waals surface area (Å²) in [5, 5.41) is 0.675. The first-order chi connectivity index (χ1) is 12.3. The number of aromatic nitrogens is 2. The number of allylic oxidation sites excluding steroid dienone is 2. The van der Waals surface area contributed by atoms with Crippen molar-refractivity contribution in [1.29, 1.82) is 0 Å². The van der Waals surface area contributed by atoms with Gasteiger partial charge in [-0.1, -0.05) is 29.5 Å². The van der Waals surface area contributed by atoms with Gasteiger partial charge in [0, 0.05) is 30.6 Å². The van der Waals surface area contributed by atoms with Crippen LogP contribution in [0.3, 0.4) is 0 Å². The number of rotatable bonds is 1. The topological polar surface area (TPSA) is 20.0 Å². The first-order valence-electron chi connectivity index (χ1n) is 7.92. The second-order valence-electron chi connectivity index (χ2n) is 6.12. The molecule has 1 aliphatic rings. The summed E-state index contributed by atoms with van der Waals surface area (Å²) in [4.78, 5) is 6.54. The molecule has 0 amide bonds. The highest BCUT2D eigenvalue weighted by atomic mass is 32.1. The van der Waals surface area contributed by atoms with Crippen molar-refractivity contribution in [1.82, 2.24) is 4.98 Å². The quantitative estimate of drug-likeness (QED) is 0.578. The maximum Gasteiger partial charge on any atom is 0.419 e. The van der Waals surface area contributed by atoms with Gasteiger partial charge < -0.3 is 4.90 Å². The molecule has 0 saturated carbocycles. The van der Waals surface area contributed by atoms with E-state index >= 15 is 0 Å². The van der Waals surface area contributed by atoms with Gasteiger partial charge in [0.05, 0.1) is 12.6 Å². The lowest BCUT2D eigenvalue weighted by Crippen LogP contribution is -2.30. The van der Waals surface area contributed by atoms with Crippen molar-refractivity contribution in [2.24, 2.45) is 7.05 Å². The molecule has 132 valence electrons. The number of hydrogen-bond donors (Lipinski definition) is 0. The number of para-hydroxylation sites is 1. The Kier molecular flexibility index (Phi) is 3.84. The summed E-state index contributed by atoms with van der Waals surface area (Å²) < 4.78 is 41.0. The van der Waals surface area contributed by atoms with E-state index in [4.69, 9.17) is 0 Å². The zero-order chi connectivity index (χ0) is 18.5. The Labute approximate surface area is 152 Å². The Morgan fingerprint density at radius 3 is 2.77 bits per heavy atom. The zero-order valence-electron chi connectivity index (χ0n) is 14.1. The summed E-state index contributed by atoms with van der Waals surface area (Å²) in [6, 6.07) is 9.15.